The minimum atomic E-state index is 0.331. The van der Waals surface area contributed by atoms with Gasteiger partial charge in [0, 0.05) is 25.4 Å². The Balaban J connectivity index is 1.47. The SMILES string of the molecule is N#CCC1(CNCC2Cc3ccccc32)CC1. The lowest BCUT2D eigenvalue weighted by Gasteiger charge is -2.30. The van der Waals surface area contributed by atoms with Gasteiger partial charge in [0.2, 0.25) is 0 Å². The van der Waals surface area contributed by atoms with Crippen LogP contribution >= 0.6 is 0 Å². The molecule has 1 atom stereocenters. The number of nitrogens with one attached hydrogen (secondary N) is 1. The Labute approximate surface area is 103 Å². The molecule has 88 valence electrons. The first-order valence-corrected chi connectivity index (χ1v) is 6.48. The van der Waals surface area contributed by atoms with Crippen LogP contribution in [0.15, 0.2) is 24.3 Å². The molecule has 1 N–H and O–H groups in total. The van der Waals surface area contributed by atoms with E-state index in [2.05, 4.69) is 35.7 Å². The van der Waals surface area contributed by atoms with Crippen molar-refractivity contribution >= 4 is 0 Å². The van der Waals surface area contributed by atoms with Gasteiger partial charge in [0.05, 0.1) is 6.07 Å². The third kappa shape index (κ3) is 2.08. The summed E-state index contributed by atoms with van der Waals surface area (Å²) in [4.78, 5) is 0. The molecule has 1 aromatic rings. The van der Waals surface area contributed by atoms with Crippen LogP contribution in [0, 0.1) is 16.7 Å². The average Bonchev–Trinajstić information content (AvgIpc) is 3.06. The van der Waals surface area contributed by atoms with Crippen molar-refractivity contribution in [2.75, 3.05) is 13.1 Å². The summed E-state index contributed by atoms with van der Waals surface area (Å²) in [5, 5.41) is 12.3. The van der Waals surface area contributed by atoms with E-state index in [9.17, 15) is 0 Å². The van der Waals surface area contributed by atoms with E-state index in [0.717, 1.165) is 19.5 Å². The summed E-state index contributed by atoms with van der Waals surface area (Å²) in [6.07, 6.45) is 4.40. The molecule has 2 nitrogen and oxygen atoms in total. The van der Waals surface area contributed by atoms with Crippen LogP contribution in [0.3, 0.4) is 0 Å². The van der Waals surface area contributed by atoms with Gasteiger partial charge >= 0.3 is 0 Å². The Bertz CT molecular complexity index is 454. The van der Waals surface area contributed by atoms with Crippen LogP contribution in [0.1, 0.15) is 36.3 Å². The van der Waals surface area contributed by atoms with Gasteiger partial charge in [-0.25, -0.2) is 0 Å². The van der Waals surface area contributed by atoms with E-state index in [1.54, 1.807) is 0 Å². The van der Waals surface area contributed by atoms with Crippen LogP contribution in [0.4, 0.5) is 0 Å². The summed E-state index contributed by atoms with van der Waals surface area (Å²) in [6, 6.07) is 11.0. The van der Waals surface area contributed by atoms with E-state index < -0.39 is 0 Å². The predicted molar refractivity (Wildman–Crippen MR) is 67.7 cm³/mol. The van der Waals surface area contributed by atoms with Crippen molar-refractivity contribution in [1.82, 2.24) is 5.32 Å². The molecule has 0 aliphatic heterocycles. The maximum Gasteiger partial charge on any atom is 0.0628 e. The highest BCUT2D eigenvalue weighted by Crippen LogP contribution is 2.48. The average molecular weight is 226 g/mol. The maximum atomic E-state index is 8.76. The zero-order chi connectivity index (χ0) is 11.7. The third-order valence-electron chi connectivity index (χ3n) is 4.26. The molecule has 3 rings (SSSR count). The van der Waals surface area contributed by atoms with Crippen molar-refractivity contribution in [2.45, 2.75) is 31.6 Å². The monoisotopic (exact) mass is 226 g/mol. The van der Waals surface area contributed by atoms with Crippen molar-refractivity contribution in [3.8, 4) is 6.07 Å². The lowest BCUT2D eigenvalue weighted by Crippen LogP contribution is -2.32. The molecule has 0 radical (unpaired) electrons. The number of nitriles is 1. The van der Waals surface area contributed by atoms with E-state index >= 15 is 0 Å². The number of fused-ring (bicyclic) bond motifs is 1. The Morgan fingerprint density at radius 3 is 2.88 bits per heavy atom. The Morgan fingerprint density at radius 1 is 1.35 bits per heavy atom. The van der Waals surface area contributed by atoms with Crippen molar-refractivity contribution < 1.29 is 0 Å². The molecule has 1 fully saturated rings. The minimum absolute atomic E-state index is 0.331. The third-order valence-corrected chi connectivity index (χ3v) is 4.26. The molecular weight excluding hydrogens is 208 g/mol. The maximum absolute atomic E-state index is 8.76. The van der Waals surface area contributed by atoms with Crippen molar-refractivity contribution in [3.05, 3.63) is 35.4 Å². The van der Waals surface area contributed by atoms with Gasteiger partial charge in [-0.05, 0) is 35.8 Å². The molecule has 1 unspecified atom stereocenters. The molecule has 0 spiro atoms. The van der Waals surface area contributed by atoms with Crippen molar-refractivity contribution in [3.63, 3.8) is 0 Å². The minimum Gasteiger partial charge on any atom is -0.316 e. The Morgan fingerprint density at radius 2 is 2.18 bits per heavy atom. The lowest BCUT2D eigenvalue weighted by molar-refractivity contribution is 0.439. The quantitative estimate of drug-likeness (QED) is 0.837. The highest BCUT2D eigenvalue weighted by Gasteiger charge is 2.42. The normalized spacial score (nSPS) is 23.4. The van der Waals surface area contributed by atoms with E-state index in [0.29, 0.717) is 11.3 Å². The van der Waals surface area contributed by atoms with Crippen LogP contribution in [-0.2, 0) is 6.42 Å². The molecular formula is C15H18N2. The topological polar surface area (TPSA) is 35.8 Å². The number of hydrogen-bond donors (Lipinski definition) is 1. The van der Waals surface area contributed by atoms with Gasteiger partial charge in [-0.15, -0.1) is 0 Å². The van der Waals surface area contributed by atoms with Crippen LogP contribution in [0.25, 0.3) is 0 Å². The van der Waals surface area contributed by atoms with Crippen molar-refractivity contribution in [2.24, 2.45) is 5.41 Å². The fourth-order valence-corrected chi connectivity index (χ4v) is 2.82. The largest absolute Gasteiger partial charge is 0.316 e. The number of benzene rings is 1. The van der Waals surface area contributed by atoms with Gasteiger partial charge in [-0.3, -0.25) is 0 Å². The smallest absolute Gasteiger partial charge is 0.0628 e. The van der Waals surface area contributed by atoms with Gasteiger partial charge in [-0.2, -0.15) is 5.26 Å². The van der Waals surface area contributed by atoms with Crippen LogP contribution in [0.5, 0.6) is 0 Å². The number of hydrogen-bond acceptors (Lipinski definition) is 2. The van der Waals surface area contributed by atoms with Gasteiger partial charge in [0.25, 0.3) is 0 Å². The molecule has 0 heterocycles. The second kappa shape index (κ2) is 4.16. The predicted octanol–water partition coefficient (Wildman–Crippen LogP) is 2.61. The van der Waals surface area contributed by atoms with E-state index in [-0.39, 0.29) is 0 Å². The summed E-state index contributed by atoms with van der Waals surface area (Å²) in [7, 11) is 0. The lowest BCUT2D eigenvalue weighted by atomic mass is 9.77. The molecule has 2 heteroatoms. The standard InChI is InChI=1S/C15H18N2/c16-8-7-15(5-6-15)11-17-10-13-9-12-3-1-2-4-14(12)13/h1-4,13,17H,5-7,9-11H2. The highest BCUT2D eigenvalue weighted by atomic mass is 14.9. The summed E-state index contributed by atoms with van der Waals surface area (Å²) >= 11 is 0. The number of nitrogens with zero attached hydrogens (tertiary/aromatic N) is 1. The summed E-state index contributed by atoms with van der Waals surface area (Å²) in [5.41, 5.74) is 3.36. The van der Waals surface area contributed by atoms with E-state index in [1.807, 2.05) is 0 Å². The fourth-order valence-electron chi connectivity index (χ4n) is 2.82. The molecule has 0 amide bonds. The molecule has 0 saturated heterocycles. The van der Waals surface area contributed by atoms with Gasteiger partial charge < -0.3 is 5.32 Å². The molecule has 17 heavy (non-hydrogen) atoms. The van der Waals surface area contributed by atoms with Crippen LogP contribution in [0.2, 0.25) is 0 Å². The summed E-state index contributed by atoms with van der Waals surface area (Å²) in [6.45, 7) is 2.10. The van der Waals surface area contributed by atoms with Crippen molar-refractivity contribution in [1.29, 1.82) is 5.26 Å². The van der Waals surface area contributed by atoms with Gasteiger partial charge in [0.1, 0.15) is 0 Å². The summed E-state index contributed by atoms with van der Waals surface area (Å²) in [5.74, 6) is 0.698. The molecule has 0 bridgehead atoms. The zero-order valence-corrected chi connectivity index (χ0v) is 10.1. The highest BCUT2D eigenvalue weighted by molar-refractivity contribution is 5.40. The first kappa shape index (κ1) is 10.8. The van der Waals surface area contributed by atoms with E-state index in [4.69, 9.17) is 5.26 Å². The Kier molecular flexibility index (Phi) is 2.64. The first-order valence-electron chi connectivity index (χ1n) is 6.48. The first-order chi connectivity index (χ1) is 8.33. The zero-order valence-electron chi connectivity index (χ0n) is 10.1. The second-order valence-corrected chi connectivity index (χ2v) is 5.57. The molecule has 1 saturated carbocycles. The molecule has 1 aromatic carbocycles. The molecule has 2 aliphatic rings. The summed E-state index contributed by atoms with van der Waals surface area (Å²) < 4.78 is 0. The molecule has 0 aromatic heterocycles. The van der Waals surface area contributed by atoms with Crippen LogP contribution < -0.4 is 5.32 Å². The Hall–Kier alpha value is -1.33. The van der Waals surface area contributed by atoms with Gasteiger partial charge in [-0.1, -0.05) is 24.3 Å². The fraction of sp³-hybridized carbons (Fsp3) is 0.533. The number of rotatable bonds is 5. The van der Waals surface area contributed by atoms with Crippen LogP contribution in [-0.4, -0.2) is 13.1 Å². The second-order valence-electron chi connectivity index (χ2n) is 5.57. The van der Waals surface area contributed by atoms with Gasteiger partial charge in [0.15, 0.2) is 0 Å². The molecule has 2 aliphatic carbocycles. The van der Waals surface area contributed by atoms with E-state index in [1.165, 1.54) is 30.4 Å².